The Labute approximate surface area is 99.0 Å². The van der Waals surface area contributed by atoms with Crippen molar-refractivity contribution in [2.24, 2.45) is 11.5 Å². The molecule has 84 valence electrons. The van der Waals surface area contributed by atoms with Crippen LogP contribution in [-0.2, 0) is 0 Å². The number of nitrogens with two attached hydrogens (primary N) is 2. The van der Waals surface area contributed by atoms with Crippen LogP contribution in [0.5, 0.6) is 0 Å². The van der Waals surface area contributed by atoms with Gasteiger partial charge in [-0.25, -0.2) is 0 Å². The Hall–Kier alpha value is -0.320. The van der Waals surface area contributed by atoms with Crippen molar-refractivity contribution in [2.45, 2.75) is 18.6 Å². The highest BCUT2D eigenvalue weighted by Gasteiger charge is 2.16. The van der Waals surface area contributed by atoms with Crippen molar-refractivity contribution in [1.82, 2.24) is 0 Å². The Morgan fingerprint density at radius 2 is 1.73 bits per heavy atom. The van der Waals surface area contributed by atoms with Crippen molar-refractivity contribution in [3.05, 3.63) is 33.8 Å². The summed E-state index contributed by atoms with van der Waals surface area (Å²) in [6.07, 6.45) is -0.240. The van der Waals surface area contributed by atoms with Gasteiger partial charge in [0.15, 0.2) is 0 Å². The normalized spacial score (nSPS) is 15.0. The first-order chi connectivity index (χ1) is 7.04. The second-order valence-electron chi connectivity index (χ2n) is 3.39. The summed E-state index contributed by atoms with van der Waals surface area (Å²) in [4.78, 5) is 0. The lowest BCUT2D eigenvalue weighted by Crippen LogP contribution is -2.30. The van der Waals surface area contributed by atoms with Crippen LogP contribution in [0.25, 0.3) is 0 Å². The minimum atomic E-state index is -0.787. The van der Waals surface area contributed by atoms with Crippen LogP contribution >= 0.6 is 23.2 Å². The molecule has 5 N–H and O–H groups in total. The summed E-state index contributed by atoms with van der Waals surface area (Å²) in [6.45, 7) is 0.437. The third-order valence-corrected chi connectivity index (χ3v) is 2.57. The van der Waals surface area contributed by atoms with Gasteiger partial charge >= 0.3 is 0 Å². The highest BCUT2D eigenvalue weighted by molar-refractivity contribution is 6.34. The van der Waals surface area contributed by atoms with E-state index >= 15 is 0 Å². The SMILES string of the molecule is NCCC(N)C(O)c1cc(Cl)cc(Cl)c1. The molecule has 0 radical (unpaired) electrons. The zero-order valence-electron chi connectivity index (χ0n) is 8.16. The van der Waals surface area contributed by atoms with Gasteiger partial charge in [-0.2, -0.15) is 0 Å². The number of aliphatic hydroxyl groups is 1. The lowest BCUT2D eigenvalue weighted by Gasteiger charge is -2.18. The van der Waals surface area contributed by atoms with E-state index < -0.39 is 12.1 Å². The van der Waals surface area contributed by atoms with Crippen molar-refractivity contribution >= 4 is 23.2 Å². The predicted molar refractivity (Wildman–Crippen MR) is 63.1 cm³/mol. The monoisotopic (exact) mass is 248 g/mol. The number of benzene rings is 1. The van der Waals surface area contributed by atoms with Crippen molar-refractivity contribution < 1.29 is 5.11 Å². The molecule has 0 heterocycles. The molecule has 0 spiro atoms. The summed E-state index contributed by atoms with van der Waals surface area (Å²) in [6, 6.07) is 4.50. The average Bonchev–Trinajstić information content (AvgIpc) is 2.15. The quantitative estimate of drug-likeness (QED) is 0.760. The minimum Gasteiger partial charge on any atom is -0.387 e. The van der Waals surface area contributed by atoms with Crippen LogP contribution in [0.3, 0.4) is 0 Å². The molecule has 1 aromatic carbocycles. The van der Waals surface area contributed by atoms with Crippen molar-refractivity contribution in [3.63, 3.8) is 0 Å². The molecule has 2 unspecified atom stereocenters. The molecule has 0 saturated carbocycles. The molecule has 0 aliphatic carbocycles. The first kappa shape index (κ1) is 12.7. The number of aliphatic hydroxyl groups excluding tert-OH is 1. The standard InChI is InChI=1S/C10H14Cl2N2O/c11-7-3-6(4-8(12)5-7)10(15)9(14)1-2-13/h3-5,9-10,15H,1-2,13-14H2. The van der Waals surface area contributed by atoms with E-state index in [1.54, 1.807) is 18.2 Å². The topological polar surface area (TPSA) is 72.3 Å². The van der Waals surface area contributed by atoms with Gasteiger partial charge in [-0.3, -0.25) is 0 Å². The van der Waals surface area contributed by atoms with E-state index in [-0.39, 0.29) is 0 Å². The maximum Gasteiger partial charge on any atom is 0.0942 e. The van der Waals surface area contributed by atoms with E-state index in [0.29, 0.717) is 28.6 Å². The largest absolute Gasteiger partial charge is 0.387 e. The Kier molecular flexibility index (Phi) is 4.83. The Morgan fingerprint density at radius 3 is 2.20 bits per heavy atom. The molecule has 15 heavy (non-hydrogen) atoms. The summed E-state index contributed by atoms with van der Waals surface area (Å²) in [5.74, 6) is 0. The zero-order chi connectivity index (χ0) is 11.4. The molecule has 0 amide bonds. The van der Waals surface area contributed by atoms with E-state index in [1.807, 2.05) is 0 Å². The molecular weight excluding hydrogens is 235 g/mol. The van der Waals surface area contributed by atoms with Crippen molar-refractivity contribution in [1.29, 1.82) is 0 Å². The molecule has 0 saturated heterocycles. The predicted octanol–water partition coefficient (Wildman–Crippen LogP) is 1.70. The lowest BCUT2D eigenvalue weighted by atomic mass is 10.0. The van der Waals surface area contributed by atoms with Crippen LogP contribution in [0, 0.1) is 0 Å². The first-order valence-electron chi connectivity index (χ1n) is 4.64. The van der Waals surface area contributed by atoms with Gasteiger partial charge in [-0.1, -0.05) is 23.2 Å². The maximum absolute atomic E-state index is 9.87. The molecule has 0 aliphatic rings. The summed E-state index contributed by atoms with van der Waals surface area (Å²) in [7, 11) is 0. The van der Waals surface area contributed by atoms with Gasteiger partial charge < -0.3 is 16.6 Å². The van der Waals surface area contributed by atoms with Crippen LogP contribution in [0.2, 0.25) is 10.0 Å². The van der Waals surface area contributed by atoms with Gasteiger partial charge in [0.25, 0.3) is 0 Å². The van der Waals surface area contributed by atoms with Crippen LogP contribution < -0.4 is 11.5 Å². The summed E-state index contributed by atoms with van der Waals surface area (Å²) < 4.78 is 0. The Morgan fingerprint density at radius 1 is 1.20 bits per heavy atom. The van der Waals surface area contributed by atoms with Gasteiger partial charge in [0.05, 0.1) is 6.10 Å². The van der Waals surface area contributed by atoms with E-state index in [9.17, 15) is 5.11 Å². The van der Waals surface area contributed by atoms with Crippen LogP contribution in [0.1, 0.15) is 18.1 Å². The number of rotatable bonds is 4. The second-order valence-corrected chi connectivity index (χ2v) is 4.26. The summed E-state index contributed by atoms with van der Waals surface area (Å²) in [5, 5.41) is 10.8. The summed E-state index contributed by atoms with van der Waals surface area (Å²) >= 11 is 11.6. The molecule has 1 aromatic rings. The lowest BCUT2D eigenvalue weighted by molar-refractivity contribution is 0.143. The third kappa shape index (κ3) is 3.63. The molecule has 0 bridgehead atoms. The number of hydrogen-bond acceptors (Lipinski definition) is 3. The van der Waals surface area contributed by atoms with Gasteiger partial charge in [0.1, 0.15) is 0 Å². The van der Waals surface area contributed by atoms with E-state index in [1.165, 1.54) is 0 Å². The fourth-order valence-electron chi connectivity index (χ4n) is 1.34. The highest BCUT2D eigenvalue weighted by atomic mass is 35.5. The molecule has 0 aliphatic heterocycles. The van der Waals surface area contributed by atoms with Gasteiger partial charge in [-0.15, -0.1) is 0 Å². The molecule has 0 fully saturated rings. The average molecular weight is 249 g/mol. The van der Waals surface area contributed by atoms with E-state index in [2.05, 4.69) is 0 Å². The molecule has 3 nitrogen and oxygen atoms in total. The smallest absolute Gasteiger partial charge is 0.0942 e. The first-order valence-corrected chi connectivity index (χ1v) is 5.40. The summed E-state index contributed by atoms with van der Waals surface area (Å²) in [5.41, 5.74) is 11.7. The Balaban J connectivity index is 2.85. The Bertz CT molecular complexity index is 313. The third-order valence-electron chi connectivity index (χ3n) is 2.13. The second kappa shape index (κ2) is 5.68. The minimum absolute atomic E-state index is 0.399. The van der Waals surface area contributed by atoms with Crippen LogP contribution in [0.15, 0.2) is 18.2 Å². The molecule has 2 atom stereocenters. The van der Waals surface area contributed by atoms with Crippen molar-refractivity contribution in [2.75, 3.05) is 6.54 Å². The number of halogens is 2. The maximum atomic E-state index is 9.87. The van der Waals surface area contributed by atoms with Crippen LogP contribution in [-0.4, -0.2) is 17.7 Å². The van der Waals surface area contributed by atoms with Gasteiger partial charge in [-0.05, 0) is 36.7 Å². The molecule has 1 rings (SSSR count). The highest BCUT2D eigenvalue weighted by Crippen LogP contribution is 2.25. The van der Waals surface area contributed by atoms with E-state index in [0.717, 1.165) is 0 Å². The molecule has 0 aromatic heterocycles. The molecule has 5 heteroatoms. The van der Waals surface area contributed by atoms with Gasteiger partial charge in [0, 0.05) is 16.1 Å². The zero-order valence-corrected chi connectivity index (χ0v) is 9.67. The van der Waals surface area contributed by atoms with Crippen molar-refractivity contribution in [3.8, 4) is 0 Å². The fourth-order valence-corrected chi connectivity index (χ4v) is 1.89. The van der Waals surface area contributed by atoms with E-state index in [4.69, 9.17) is 34.7 Å². The van der Waals surface area contributed by atoms with Crippen LogP contribution in [0.4, 0.5) is 0 Å². The van der Waals surface area contributed by atoms with Gasteiger partial charge in [0.2, 0.25) is 0 Å². The fraction of sp³-hybridized carbons (Fsp3) is 0.400. The number of hydrogen-bond donors (Lipinski definition) is 3. The molecular formula is C10H14Cl2N2O.